The quantitative estimate of drug-likeness (QED) is 0.539. The first-order valence-corrected chi connectivity index (χ1v) is 10.1. The Kier molecular flexibility index (Phi) is 3.18. The zero-order chi connectivity index (χ0) is 17.9. The molecule has 5 rings (SSSR count). The summed E-state index contributed by atoms with van der Waals surface area (Å²) in [7, 11) is -1.57. The molecule has 0 radical (unpaired) electrons. The second-order valence-corrected chi connectivity index (χ2v) is 8.57. The van der Waals surface area contributed by atoms with Gasteiger partial charge in [-0.2, -0.15) is 0 Å². The van der Waals surface area contributed by atoms with Crippen LogP contribution in [0.1, 0.15) is 5.56 Å². The molecular weight excluding hydrogens is 344 g/mol. The van der Waals surface area contributed by atoms with Crippen molar-refractivity contribution >= 4 is 37.5 Å². The molecule has 1 aliphatic heterocycles. The standard InChI is InChI=1S/C21H18N2O2S/c1-22-20-9-5-3-7-17(20)18-14-16(10-11-21(18)22)26(24,25)23-13-12-15-6-2-4-8-19(15)23/h2-11,14H,12-13H2,1H3. The van der Waals surface area contributed by atoms with Crippen LogP contribution in [0.4, 0.5) is 5.69 Å². The smallest absolute Gasteiger partial charge is 0.264 e. The van der Waals surface area contributed by atoms with Gasteiger partial charge < -0.3 is 4.57 Å². The number of rotatable bonds is 2. The predicted octanol–water partition coefficient (Wildman–Crippen LogP) is 4.08. The minimum Gasteiger partial charge on any atom is -0.344 e. The minimum atomic E-state index is -3.58. The first-order chi connectivity index (χ1) is 12.6. The van der Waals surface area contributed by atoms with E-state index in [4.69, 9.17) is 0 Å². The Morgan fingerprint density at radius 2 is 1.58 bits per heavy atom. The van der Waals surface area contributed by atoms with E-state index in [1.54, 1.807) is 6.07 Å². The molecule has 1 aliphatic rings. The topological polar surface area (TPSA) is 42.3 Å². The number of hydrogen-bond acceptors (Lipinski definition) is 2. The first-order valence-electron chi connectivity index (χ1n) is 8.65. The van der Waals surface area contributed by atoms with Crippen LogP contribution in [0.3, 0.4) is 0 Å². The van der Waals surface area contributed by atoms with Crippen molar-refractivity contribution in [1.82, 2.24) is 4.57 Å². The molecule has 0 N–H and O–H groups in total. The SMILES string of the molecule is Cn1c2ccccc2c2cc(S(=O)(=O)N3CCc4ccccc43)ccc21. The summed E-state index contributed by atoms with van der Waals surface area (Å²) in [4.78, 5) is 0.345. The molecule has 4 aromatic rings. The maximum absolute atomic E-state index is 13.3. The van der Waals surface area contributed by atoms with Gasteiger partial charge in [0.15, 0.2) is 0 Å². The second-order valence-electron chi connectivity index (χ2n) is 6.71. The summed E-state index contributed by atoms with van der Waals surface area (Å²) < 4.78 is 30.2. The molecule has 26 heavy (non-hydrogen) atoms. The molecule has 0 saturated heterocycles. The van der Waals surface area contributed by atoms with E-state index in [-0.39, 0.29) is 0 Å². The van der Waals surface area contributed by atoms with Crippen molar-refractivity contribution in [1.29, 1.82) is 0 Å². The Morgan fingerprint density at radius 3 is 2.46 bits per heavy atom. The zero-order valence-corrected chi connectivity index (χ0v) is 15.2. The summed E-state index contributed by atoms with van der Waals surface area (Å²) in [5, 5.41) is 2.04. The molecule has 5 heteroatoms. The van der Waals surface area contributed by atoms with Crippen LogP contribution >= 0.6 is 0 Å². The molecule has 3 aromatic carbocycles. The summed E-state index contributed by atoms with van der Waals surface area (Å²) in [5.41, 5.74) is 4.02. The van der Waals surface area contributed by atoms with Gasteiger partial charge in [-0.3, -0.25) is 4.31 Å². The van der Waals surface area contributed by atoms with Crippen LogP contribution in [0.15, 0.2) is 71.6 Å². The highest BCUT2D eigenvalue weighted by atomic mass is 32.2. The lowest BCUT2D eigenvalue weighted by Gasteiger charge is -2.19. The van der Waals surface area contributed by atoms with Gasteiger partial charge in [0, 0.05) is 35.4 Å². The molecule has 0 bridgehead atoms. The van der Waals surface area contributed by atoms with Crippen molar-refractivity contribution in [2.75, 3.05) is 10.8 Å². The van der Waals surface area contributed by atoms with E-state index in [2.05, 4.69) is 10.6 Å². The Morgan fingerprint density at radius 1 is 0.846 bits per heavy atom. The van der Waals surface area contributed by atoms with Crippen molar-refractivity contribution in [3.63, 3.8) is 0 Å². The predicted molar refractivity (Wildman–Crippen MR) is 105 cm³/mol. The number of sulfonamides is 1. The molecule has 0 fully saturated rings. The third kappa shape index (κ3) is 2.04. The molecule has 0 unspecified atom stereocenters. The molecule has 4 nitrogen and oxygen atoms in total. The lowest BCUT2D eigenvalue weighted by Crippen LogP contribution is -2.29. The number of benzene rings is 3. The van der Waals surface area contributed by atoms with Gasteiger partial charge in [0.2, 0.25) is 0 Å². The Bertz CT molecular complexity index is 1270. The molecule has 0 amide bonds. The maximum Gasteiger partial charge on any atom is 0.264 e. The summed E-state index contributed by atoms with van der Waals surface area (Å²) in [5.74, 6) is 0. The number of aryl methyl sites for hydroxylation is 1. The highest BCUT2D eigenvalue weighted by molar-refractivity contribution is 7.92. The summed E-state index contributed by atoms with van der Waals surface area (Å²) in [6.07, 6.45) is 0.756. The van der Waals surface area contributed by atoms with Crippen LogP contribution in [-0.4, -0.2) is 19.5 Å². The third-order valence-electron chi connectivity index (χ3n) is 5.32. The number of anilines is 1. The van der Waals surface area contributed by atoms with Crippen LogP contribution in [0, 0.1) is 0 Å². The van der Waals surface area contributed by atoms with Crippen molar-refractivity contribution in [3.8, 4) is 0 Å². The van der Waals surface area contributed by atoms with Crippen molar-refractivity contribution in [2.45, 2.75) is 11.3 Å². The summed E-state index contributed by atoms with van der Waals surface area (Å²) >= 11 is 0. The molecule has 0 spiro atoms. The zero-order valence-electron chi connectivity index (χ0n) is 14.4. The van der Waals surface area contributed by atoms with Crippen molar-refractivity contribution in [2.24, 2.45) is 7.05 Å². The van der Waals surface area contributed by atoms with E-state index in [0.717, 1.165) is 39.5 Å². The van der Waals surface area contributed by atoms with E-state index in [9.17, 15) is 8.42 Å². The van der Waals surface area contributed by atoms with Gasteiger partial charge >= 0.3 is 0 Å². The summed E-state index contributed by atoms with van der Waals surface area (Å²) in [6.45, 7) is 0.495. The molecule has 0 atom stereocenters. The van der Waals surface area contributed by atoms with Gasteiger partial charge in [0.25, 0.3) is 10.0 Å². The van der Waals surface area contributed by atoms with Gasteiger partial charge in [-0.1, -0.05) is 36.4 Å². The van der Waals surface area contributed by atoms with Crippen molar-refractivity contribution < 1.29 is 8.42 Å². The number of para-hydroxylation sites is 2. The van der Waals surface area contributed by atoms with Crippen LogP contribution in [0.25, 0.3) is 21.8 Å². The van der Waals surface area contributed by atoms with Crippen LogP contribution in [0.2, 0.25) is 0 Å². The van der Waals surface area contributed by atoms with E-state index < -0.39 is 10.0 Å². The molecular formula is C21H18N2O2S. The fourth-order valence-electron chi connectivity index (χ4n) is 3.99. The lowest BCUT2D eigenvalue weighted by molar-refractivity contribution is 0.592. The molecule has 2 heterocycles. The fourth-order valence-corrected chi connectivity index (χ4v) is 5.52. The van der Waals surface area contributed by atoms with Crippen LogP contribution < -0.4 is 4.31 Å². The molecule has 1 aromatic heterocycles. The number of fused-ring (bicyclic) bond motifs is 4. The maximum atomic E-state index is 13.3. The average Bonchev–Trinajstić information content (AvgIpc) is 3.22. The molecule has 0 aliphatic carbocycles. The van der Waals surface area contributed by atoms with Gasteiger partial charge in [0.1, 0.15) is 0 Å². The van der Waals surface area contributed by atoms with Crippen LogP contribution in [-0.2, 0) is 23.5 Å². The van der Waals surface area contributed by atoms with E-state index >= 15 is 0 Å². The first kappa shape index (κ1) is 15.5. The van der Waals surface area contributed by atoms with E-state index in [1.165, 1.54) is 4.31 Å². The van der Waals surface area contributed by atoms with E-state index in [1.807, 2.05) is 61.6 Å². The van der Waals surface area contributed by atoms with Gasteiger partial charge in [-0.05, 0) is 42.3 Å². The van der Waals surface area contributed by atoms with Crippen LogP contribution in [0.5, 0.6) is 0 Å². The average molecular weight is 362 g/mol. The van der Waals surface area contributed by atoms with E-state index in [0.29, 0.717) is 11.4 Å². The lowest BCUT2D eigenvalue weighted by atomic mass is 10.1. The summed E-state index contributed by atoms with van der Waals surface area (Å²) in [6, 6.07) is 21.3. The monoisotopic (exact) mass is 362 g/mol. The Labute approximate surface area is 152 Å². The Balaban J connectivity index is 1.71. The van der Waals surface area contributed by atoms with Crippen molar-refractivity contribution in [3.05, 3.63) is 72.3 Å². The highest BCUT2D eigenvalue weighted by Gasteiger charge is 2.30. The molecule has 0 saturated carbocycles. The van der Waals surface area contributed by atoms with Gasteiger partial charge in [-0.25, -0.2) is 8.42 Å². The number of aromatic nitrogens is 1. The fraction of sp³-hybridized carbons (Fsp3) is 0.143. The molecule has 130 valence electrons. The minimum absolute atomic E-state index is 0.345. The second kappa shape index (κ2) is 5.35. The Hall–Kier alpha value is -2.79. The number of hydrogen-bond donors (Lipinski definition) is 0. The highest BCUT2D eigenvalue weighted by Crippen LogP contribution is 2.35. The normalized spacial score (nSPS) is 14.3. The largest absolute Gasteiger partial charge is 0.344 e. The third-order valence-corrected chi connectivity index (χ3v) is 7.13. The van der Waals surface area contributed by atoms with Gasteiger partial charge in [0.05, 0.1) is 10.6 Å². The van der Waals surface area contributed by atoms with Gasteiger partial charge in [-0.15, -0.1) is 0 Å². The number of nitrogens with zero attached hydrogens (tertiary/aromatic N) is 2.